The van der Waals surface area contributed by atoms with Crippen LogP contribution in [0.4, 0.5) is 17.3 Å². The van der Waals surface area contributed by atoms with Crippen molar-refractivity contribution in [2.45, 2.75) is 6.92 Å². The lowest BCUT2D eigenvalue weighted by Gasteiger charge is -2.19. The van der Waals surface area contributed by atoms with Crippen molar-refractivity contribution in [1.29, 1.82) is 0 Å². The van der Waals surface area contributed by atoms with Crippen LogP contribution < -0.4 is 24.8 Å². The maximum Gasteiger partial charge on any atom is 0.258 e. The number of ether oxygens (including phenoxy) is 3. The van der Waals surface area contributed by atoms with Gasteiger partial charge in [-0.05, 0) is 43.3 Å². The summed E-state index contributed by atoms with van der Waals surface area (Å²) in [5.41, 5.74) is 1.77. The van der Waals surface area contributed by atoms with Gasteiger partial charge in [-0.1, -0.05) is 0 Å². The summed E-state index contributed by atoms with van der Waals surface area (Å²) in [6.07, 6.45) is 2.94. The fraction of sp³-hybridized carbons (Fsp3) is 0.190. The third-order valence-electron chi connectivity index (χ3n) is 4.14. The molecule has 2 heterocycles. The first kappa shape index (κ1) is 18.5. The van der Waals surface area contributed by atoms with Crippen LogP contribution in [0.1, 0.15) is 17.3 Å². The number of fused-ring (bicyclic) bond motifs is 1. The Hall–Kier alpha value is -3.81. The van der Waals surface area contributed by atoms with Crippen molar-refractivity contribution in [3.8, 4) is 17.2 Å². The summed E-state index contributed by atoms with van der Waals surface area (Å²) in [6.45, 7) is 3.56. The molecule has 0 saturated carbocycles. The molecule has 0 fully saturated rings. The van der Waals surface area contributed by atoms with Gasteiger partial charge >= 0.3 is 0 Å². The van der Waals surface area contributed by atoms with E-state index in [1.807, 2.05) is 31.2 Å². The van der Waals surface area contributed by atoms with Gasteiger partial charge in [-0.2, -0.15) is 0 Å². The molecular weight excluding hydrogens is 372 g/mol. The van der Waals surface area contributed by atoms with Gasteiger partial charge in [0.1, 0.15) is 19.0 Å². The molecule has 3 aromatic rings. The molecule has 0 bridgehead atoms. The molecule has 8 nitrogen and oxygen atoms in total. The Morgan fingerprint density at radius 1 is 1.00 bits per heavy atom. The second kappa shape index (κ2) is 8.47. The molecule has 29 heavy (non-hydrogen) atoms. The molecule has 0 radical (unpaired) electrons. The minimum atomic E-state index is -0.311. The molecule has 2 N–H and O–H groups in total. The number of aromatic nitrogens is 2. The van der Waals surface area contributed by atoms with E-state index in [1.165, 1.54) is 12.4 Å². The van der Waals surface area contributed by atoms with E-state index >= 15 is 0 Å². The van der Waals surface area contributed by atoms with Crippen LogP contribution in [-0.4, -0.2) is 35.7 Å². The SMILES string of the molecule is CCOc1ccc(Nc2ncc(C(=O)Nc3ccc4c(c3)OCCO4)cn2)cc1. The second-order valence-electron chi connectivity index (χ2n) is 6.19. The minimum absolute atomic E-state index is 0.311. The lowest BCUT2D eigenvalue weighted by molar-refractivity contribution is 0.102. The monoisotopic (exact) mass is 392 g/mol. The quantitative estimate of drug-likeness (QED) is 0.661. The number of carbonyl (C=O) groups is 1. The van der Waals surface area contributed by atoms with Crippen molar-refractivity contribution in [3.05, 3.63) is 60.4 Å². The fourth-order valence-electron chi connectivity index (χ4n) is 2.76. The predicted molar refractivity (Wildman–Crippen MR) is 108 cm³/mol. The molecule has 4 rings (SSSR count). The van der Waals surface area contributed by atoms with Crippen LogP contribution in [0.15, 0.2) is 54.9 Å². The third kappa shape index (κ3) is 4.55. The van der Waals surface area contributed by atoms with Gasteiger partial charge < -0.3 is 24.8 Å². The second-order valence-corrected chi connectivity index (χ2v) is 6.19. The highest BCUT2D eigenvalue weighted by Crippen LogP contribution is 2.32. The minimum Gasteiger partial charge on any atom is -0.494 e. The molecule has 8 heteroatoms. The van der Waals surface area contributed by atoms with E-state index in [1.54, 1.807) is 18.2 Å². The Bertz CT molecular complexity index is 991. The van der Waals surface area contributed by atoms with E-state index < -0.39 is 0 Å². The van der Waals surface area contributed by atoms with Gasteiger partial charge in [0.2, 0.25) is 5.95 Å². The summed E-state index contributed by atoms with van der Waals surface area (Å²) in [5.74, 6) is 2.16. The lowest BCUT2D eigenvalue weighted by Crippen LogP contribution is -2.16. The summed E-state index contributed by atoms with van der Waals surface area (Å²) in [7, 11) is 0. The van der Waals surface area contributed by atoms with Gasteiger partial charge in [0, 0.05) is 29.8 Å². The topological polar surface area (TPSA) is 94.6 Å². The molecule has 1 aliphatic rings. The Balaban J connectivity index is 1.38. The zero-order valence-electron chi connectivity index (χ0n) is 15.8. The lowest BCUT2D eigenvalue weighted by atomic mass is 10.2. The van der Waals surface area contributed by atoms with Crippen LogP contribution in [0.3, 0.4) is 0 Å². The van der Waals surface area contributed by atoms with Crippen LogP contribution in [0.25, 0.3) is 0 Å². The number of hydrogen-bond donors (Lipinski definition) is 2. The van der Waals surface area contributed by atoms with Crippen LogP contribution in [0.2, 0.25) is 0 Å². The standard InChI is InChI=1S/C21H20N4O4/c1-2-27-17-6-3-15(4-7-17)25-21-22-12-14(13-23-21)20(26)24-16-5-8-18-19(11-16)29-10-9-28-18/h3-8,11-13H,2,9-10H2,1H3,(H,24,26)(H,22,23,25). The summed E-state index contributed by atoms with van der Waals surface area (Å²) in [6, 6.07) is 12.7. The largest absolute Gasteiger partial charge is 0.494 e. The van der Waals surface area contributed by atoms with Gasteiger partial charge in [0.05, 0.1) is 12.2 Å². The third-order valence-corrected chi connectivity index (χ3v) is 4.14. The van der Waals surface area contributed by atoms with E-state index in [9.17, 15) is 4.79 Å². The summed E-state index contributed by atoms with van der Waals surface area (Å²) >= 11 is 0. The van der Waals surface area contributed by atoms with E-state index in [0.717, 1.165) is 11.4 Å². The molecule has 0 atom stereocenters. The summed E-state index contributed by atoms with van der Waals surface area (Å²) in [5, 5.41) is 5.89. The molecule has 0 saturated heterocycles. The van der Waals surface area contributed by atoms with Crippen LogP contribution in [0, 0.1) is 0 Å². The Morgan fingerprint density at radius 2 is 1.69 bits per heavy atom. The number of carbonyl (C=O) groups excluding carboxylic acids is 1. The highest BCUT2D eigenvalue weighted by atomic mass is 16.6. The van der Waals surface area contributed by atoms with E-state index in [4.69, 9.17) is 14.2 Å². The molecule has 1 amide bonds. The van der Waals surface area contributed by atoms with Gasteiger partial charge in [0.25, 0.3) is 5.91 Å². The number of anilines is 3. The maximum absolute atomic E-state index is 12.5. The Kier molecular flexibility index (Phi) is 5.42. The van der Waals surface area contributed by atoms with Crippen LogP contribution in [-0.2, 0) is 0 Å². The highest BCUT2D eigenvalue weighted by Gasteiger charge is 2.14. The van der Waals surface area contributed by atoms with E-state index in [2.05, 4.69) is 20.6 Å². The van der Waals surface area contributed by atoms with Gasteiger partial charge in [0.15, 0.2) is 11.5 Å². The normalized spacial score (nSPS) is 12.2. The smallest absolute Gasteiger partial charge is 0.258 e. The molecular formula is C21H20N4O4. The average Bonchev–Trinajstić information content (AvgIpc) is 2.76. The number of hydrogen-bond acceptors (Lipinski definition) is 7. The van der Waals surface area contributed by atoms with Crippen LogP contribution >= 0.6 is 0 Å². The molecule has 0 unspecified atom stereocenters. The van der Waals surface area contributed by atoms with E-state index in [-0.39, 0.29) is 5.91 Å². The first-order valence-electron chi connectivity index (χ1n) is 9.24. The molecule has 1 aromatic heterocycles. The molecule has 0 spiro atoms. The Labute approximate surface area is 167 Å². The van der Waals surface area contributed by atoms with Crippen molar-refractivity contribution in [3.63, 3.8) is 0 Å². The predicted octanol–water partition coefficient (Wildman–Crippen LogP) is 3.64. The van der Waals surface area contributed by atoms with Crippen molar-refractivity contribution < 1.29 is 19.0 Å². The summed E-state index contributed by atoms with van der Waals surface area (Å²) in [4.78, 5) is 20.9. The van der Waals surface area contributed by atoms with Crippen molar-refractivity contribution in [2.75, 3.05) is 30.5 Å². The number of amides is 1. The van der Waals surface area contributed by atoms with Crippen LogP contribution in [0.5, 0.6) is 17.2 Å². The maximum atomic E-state index is 12.5. The molecule has 2 aromatic carbocycles. The van der Waals surface area contributed by atoms with Gasteiger partial charge in [-0.3, -0.25) is 4.79 Å². The first-order chi connectivity index (χ1) is 14.2. The van der Waals surface area contributed by atoms with Crippen molar-refractivity contribution >= 4 is 23.2 Å². The zero-order valence-corrected chi connectivity index (χ0v) is 15.8. The molecule has 1 aliphatic heterocycles. The van der Waals surface area contributed by atoms with Gasteiger partial charge in [-0.25, -0.2) is 9.97 Å². The number of nitrogens with zero attached hydrogens (tertiary/aromatic N) is 2. The number of nitrogens with one attached hydrogen (secondary N) is 2. The van der Waals surface area contributed by atoms with E-state index in [0.29, 0.717) is 48.5 Å². The summed E-state index contributed by atoms with van der Waals surface area (Å²) < 4.78 is 16.4. The molecule has 0 aliphatic carbocycles. The highest BCUT2D eigenvalue weighted by molar-refractivity contribution is 6.04. The Morgan fingerprint density at radius 3 is 2.41 bits per heavy atom. The van der Waals surface area contributed by atoms with Gasteiger partial charge in [-0.15, -0.1) is 0 Å². The fourth-order valence-corrected chi connectivity index (χ4v) is 2.76. The van der Waals surface area contributed by atoms with Crippen molar-refractivity contribution in [1.82, 2.24) is 9.97 Å². The number of benzene rings is 2. The molecule has 148 valence electrons. The van der Waals surface area contributed by atoms with Crippen molar-refractivity contribution in [2.24, 2.45) is 0 Å². The zero-order chi connectivity index (χ0) is 20.1. The average molecular weight is 392 g/mol. The number of rotatable bonds is 6. The first-order valence-corrected chi connectivity index (χ1v) is 9.24.